The van der Waals surface area contributed by atoms with Crippen molar-refractivity contribution in [2.45, 2.75) is 20.8 Å². The van der Waals surface area contributed by atoms with Gasteiger partial charge >= 0.3 is 0 Å². The highest BCUT2D eigenvalue weighted by molar-refractivity contribution is 6.29. The number of rotatable bonds is 2. The van der Waals surface area contributed by atoms with Crippen molar-refractivity contribution in [1.82, 2.24) is 10.2 Å². The lowest BCUT2D eigenvalue weighted by Gasteiger charge is -2.12. The molecule has 0 aliphatic rings. The van der Waals surface area contributed by atoms with E-state index in [1.807, 2.05) is 19.9 Å². The molecular weight excluding hydrogens is 236 g/mol. The predicted molar refractivity (Wildman–Crippen MR) is 67.8 cm³/mol. The van der Waals surface area contributed by atoms with Crippen molar-refractivity contribution < 1.29 is 4.74 Å². The summed E-state index contributed by atoms with van der Waals surface area (Å²) >= 11 is 5.67. The van der Waals surface area contributed by atoms with Gasteiger partial charge in [-0.1, -0.05) is 23.7 Å². The fourth-order valence-electron chi connectivity index (χ4n) is 1.55. The average molecular weight is 249 g/mol. The van der Waals surface area contributed by atoms with Crippen LogP contribution in [-0.2, 0) is 0 Å². The Hall–Kier alpha value is -1.61. The molecule has 0 radical (unpaired) electrons. The summed E-state index contributed by atoms with van der Waals surface area (Å²) in [6, 6.07) is 7.47. The Kier molecular flexibility index (Phi) is 3.29. The van der Waals surface area contributed by atoms with Gasteiger partial charge in [0.1, 0.15) is 5.75 Å². The highest BCUT2D eigenvalue weighted by Crippen LogP contribution is 2.29. The molecule has 2 aromatic rings. The SMILES string of the molecule is Cc1ccc(C)c(Oc2ccc(Cl)nn2)c1C. The number of halogens is 1. The Labute approximate surface area is 105 Å². The quantitative estimate of drug-likeness (QED) is 0.810. The van der Waals surface area contributed by atoms with Gasteiger partial charge < -0.3 is 4.74 Å². The number of nitrogens with zero attached hydrogens (tertiary/aromatic N) is 2. The van der Waals surface area contributed by atoms with E-state index in [9.17, 15) is 0 Å². The van der Waals surface area contributed by atoms with Crippen LogP contribution in [0.15, 0.2) is 24.3 Å². The molecule has 0 saturated carbocycles. The topological polar surface area (TPSA) is 35.0 Å². The van der Waals surface area contributed by atoms with Crippen LogP contribution < -0.4 is 4.74 Å². The van der Waals surface area contributed by atoms with Gasteiger partial charge in [-0.15, -0.1) is 10.2 Å². The van der Waals surface area contributed by atoms with E-state index in [-0.39, 0.29) is 0 Å². The minimum absolute atomic E-state index is 0.357. The van der Waals surface area contributed by atoms with Crippen molar-refractivity contribution in [2.24, 2.45) is 0 Å². The Morgan fingerprint density at radius 3 is 2.29 bits per heavy atom. The zero-order chi connectivity index (χ0) is 12.4. The number of aromatic nitrogens is 2. The largest absolute Gasteiger partial charge is 0.437 e. The van der Waals surface area contributed by atoms with Crippen molar-refractivity contribution in [3.05, 3.63) is 46.1 Å². The van der Waals surface area contributed by atoms with Crippen LogP contribution in [-0.4, -0.2) is 10.2 Å². The van der Waals surface area contributed by atoms with Gasteiger partial charge in [0.15, 0.2) is 5.15 Å². The summed E-state index contributed by atoms with van der Waals surface area (Å²) < 4.78 is 5.74. The second kappa shape index (κ2) is 4.72. The summed E-state index contributed by atoms with van der Waals surface area (Å²) in [5, 5.41) is 7.99. The number of aryl methyl sites for hydroxylation is 2. The van der Waals surface area contributed by atoms with Crippen LogP contribution in [0.3, 0.4) is 0 Å². The van der Waals surface area contributed by atoms with E-state index < -0.39 is 0 Å². The van der Waals surface area contributed by atoms with Gasteiger partial charge in [0.2, 0.25) is 5.88 Å². The van der Waals surface area contributed by atoms with E-state index in [1.54, 1.807) is 12.1 Å². The monoisotopic (exact) mass is 248 g/mol. The van der Waals surface area contributed by atoms with E-state index >= 15 is 0 Å². The molecule has 2 rings (SSSR count). The molecule has 3 nitrogen and oxygen atoms in total. The lowest BCUT2D eigenvalue weighted by molar-refractivity contribution is 0.448. The van der Waals surface area contributed by atoms with E-state index in [0.717, 1.165) is 16.9 Å². The normalized spacial score (nSPS) is 10.4. The van der Waals surface area contributed by atoms with Crippen molar-refractivity contribution in [1.29, 1.82) is 0 Å². The first-order chi connectivity index (χ1) is 8.08. The zero-order valence-electron chi connectivity index (χ0n) is 9.99. The molecule has 0 bridgehead atoms. The second-order valence-corrected chi connectivity index (χ2v) is 4.34. The van der Waals surface area contributed by atoms with E-state index in [4.69, 9.17) is 16.3 Å². The maximum Gasteiger partial charge on any atom is 0.238 e. The summed E-state index contributed by atoms with van der Waals surface area (Å²) in [6.45, 7) is 6.08. The Bertz CT molecular complexity index is 538. The second-order valence-electron chi connectivity index (χ2n) is 3.95. The molecule has 0 unspecified atom stereocenters. The summed E-state index contributed by atoms with van der Waals surface area (Å²) in [4.78, 5) is 0. The van der Waals surface area contributed by atoms with Crippen LogP contribution in [0.4, 0.5) is 0 Å². The third-order valence-electron chi connectivity index (χ3n) is 2.69. The summed E-state index contributed by atoms with van der Waals surface area (Å²) in [5.41, 5.74) is 3.37. The fourth-order valence-corrected chi connectivity index (χ4v) is 1.65. The molecule has 0 amide bonds. The van der Waals surface area contributed by atoms with Gasteiger partial charge in [-0.05, 0) is 43.5 Å². The molecule has 88 valence electrons. The first-order valence-electron chi connectivity index (χ1n) is 5.32. The molecule has 1 aromatic carbocycles. The van der Waals surface area contributed by atoms with Crippen LogP contribution in [0, 0.1) is 20.8 Å². The van der Waals surface area contributed by atoms with Crippen molar-refractivity contribution in [3.8, 4) is 11.6 Å². The summed E-state index contributed by atoms with van der Waals surface area (Å²) in [7, 11) is 0. The summed E-state index contributed by atoms with van der Waals surface area (Å²) in [6.07, 6.45) is 0. The molecule has 0 atom stereocenters. The van der Waals surface area contributed by atoms with Gasteiger partial charge in [-0.3, -0.25) is 0 Å². The zero-order valence-corrected chi connectivity index (χ0v) is 10.7. The van der Waals surface area contributed by atoms with Gasteiger partial charge in [-0.25, -0.2) is 0 Å². The highest BCUT2D eigenvalue weighted by atomic mass is 35.5. The molecule has 17 heavy (non-hydrogen) atoms. The lowest BCUT2D eigenvalue weighted by Crippen LogP contribution is -1.96. The maximum absolute atomic E-state index is 5.74. The molecule has 0 fully saturated rings. The summed E-state index contributed by atoms with van der Waals surface area (Å²) in [5.74, 6) is 1.29. The Morgan fingerprint density at radius 2 is 1.65 bits per heavy atom. The molecule has 1 aromatic heterocycles. The molecule has 0 aliphatic heterocycles. The van der Waals surface area contributed by atoms with Crippen molar-refractivity contribution >= 4 is 11.6 Å². The van der Waals surface area contributed by atoms with Crippen LogP contribution in [0.2, 0.25) is 5.15 Å². The number of hydrogen-bond donors (Lipinski definition) is 0. The molecule has 0 saturated heterocycles. The van der Waals surface area contributed by atoms with Gasteiger partial charge in [0.05, 0.1) is 0 Å². The molecule has 1 heterocycles. The average Bonchev–Trinajstić information content (AvgIpc) is 2.32. The van der Waals surface area contributed by atoms with Crippen LogP contribution in [0.5, 0.6) is 11.6 Å². The van der Waals surface area contributed by atoms with Crippen LogP contribution in [0.25, 0.3) is 0 Å². The predicted octanol–water partition coefficient (Wildman–Crippen LogP) is 3.85. The van der Waals surface area contributed by atoms with E-state index in [0.29, 0.717) is 11.0 Å². The third-order valence-corrected chi connectivity index (χ3v) is 2.89. The molecule has 0 aliphatic carbocycles. The molecule has 0 N–H and O–H groups in total. The molecule has 4 heteroatoms. The third kappa shape index (κ3) is 2.56. The van der Waals surface area contributed by atoms with E-state index in [1.165, 1.54) is 5.56 Å². The lowest BCUT2D eigenvalue weighted by atomic mass is 10.1. The molecule has 0 spiro atoms. The first kappa shape index (κ1) is 11.9. The maximum atomic E-state index is 5.74. The minimum atomic E-state index is 0.357. The minimum Gasteiger partial charge on any atom is -0.437 e. The molecular formula is C13H13ClN2O. The number of hydrogen-bond acceptors (Lipinski definition) is 3. The highest BCUT2D eigenvalue weighted by Gasteiger charge is 2.08. The standard InChI is InChI=1S/C13H13ClN2O/c1-8-4-5-9(2)13(10(8)3)17-12-7-6-11(14)15-16-12/h4-7H,1-3H3. The van der Waals surface area contributed by atoms with Gasteiger partial charge in [0.25, 0.3) is 0 Å². The van der Waals surface area contributed by atoms with Gasteiger partial charge in [0, 0.05) is 6.07 Å². The van der Waals surface area contributed by atoms with Gasteiger partial charge in [-0.2, -0.15) is 0 Å². The first-order valence-corrected chi connectivity index (χ1v) is 5.69. The van der Waals surface area contributed by atoms with Crippen molar-refractivity contribution in [3.63, 3.8) is 0 Å². The van der Waals surface area contributed by atoms with Crippen molar-refractivity contribution in [2.75, 3.05) is 0 Å². The van der Waals surface area contributed by atoms with Crippen LogP contribution in [0.1, 0.15) is 16.7 Å². The van der Waals surface area contributed by atoms with E-state index in [2.05, 4.69) is 23.2 Å². The Morgan fingerprint density at radius 1 is 0.941 bits per heavy atom. The Balaban J connectivity index is 2.36. The smallest absolute Gasteiger partial charge is 0.238 e. The number of benzene rings is 1. The van der Waals surface area contributed by atoms with Crippen LogP contribution >= 0.6 is 11.6 Å². The fraction of sp³-hybridized carbons (Fsp3) is 0.231. The number of ether oxygens (including phenoxy) is 1.